The first-order valence-electron chi connectivity index (χ1n) is 12.5. The number of hydrogen-bond donors (Lipinski definition) is 3. The third-order valence-electron chi connectivity index (χ3n) is 7.36. The molecule has 0 bridgehead atoms. The van der Waals surface area contributed by atoms with Crippen LogP contribution in [0.4, 0.5) is 10.5 Å². The summed E-state index contributed by atoms with van der Waals surface area (Å²) in [4.78, 5) is 13.1. The molecule has 200 valence electrons. The summed E-state index contributed by atoms with van der Waals surface area (Å²) >= 11 is 0. The highest BCUT2D eigenvalue weighted by molar-refractivity contribution is 7.89. The van der Waals surface area contributed by atoms with Crippen molar-refractivity contribution in [3.05, 3.63) is 59.7 Å². The number of carbonyl (C=O) groups is 1. The Balaban J connectivity index is 1.31. The molecule has 3 heterocycles. The van der Waals surface area contributed by atoms with E-state index in [2.05, 4.69) is 5.32 Å². The number of nitrogen functional groups attached to an aromatic ring is 1. The number of nitrogens with two attached hydrogens (primary N) is 1. The predicted molar refractivity (Wildman–Crippen MR) is 135 cm³/mol. The van der Waals surface area contributed by atoms with E-state index in [4.69, 9.17) is 19.9 Å². The minimum atomic E-state index is -3.85. The summed E-state index contributed by atoms with van der Waals surface area (Å²) in [5, 5.41) is 14.0. The second kappa shape index (κ2) is 10.6. The van der Waals surface area contributed by atoms with Crippen molar-refractivity contribution in [1.82, 2.24) is 9.62 Å². The monoisotopic (exact) mass is 531 g/mol. The van der Waals surface area contributed by atoms with Crippen LogP contribution >= 0.6 is 0 Å². The van der Waals surface area contributed by atoms with Gasteiger partial charge >= 0.3 is 6.09 Å². The van der Waals surface area contributed by atoms with E-state index in [0.717, 1.165) is 12.0 Å². The Morgan fingerprint density at radius 3 is 2.81 bits per heavy atom. The molecule has 5 rings (SSSR count). The first-order chi connectivity index (χ1) is 17.7. The first kappa shape index (κ1) is 25.9. The molecule has 0 spiro atoms. The average molecular weight is 532 g/mol. The Bertz CT molecular complexity index is 1230. The van der Waals surface area contributed by atoms with E-state index in [1.54, 1.807) is 12.1 Å². The smallest absolute Gasteiger partial charge is 0.407 e. The largest absolute Gasteiger partial charge is 0.443 e. The Morgan fingerprint density at radius 1 is 1.24 bits per heavy atom. The van der Waals surface area contributed by atoms with Crippen LogP contribution in [-0.2, 0) is 30.7 Å². The molecule has 2 fully saturated rings. The number of hydrogen-bond acceptors (Lipinski definition) is 8. The van der Waals surface area contributed by atoms with Crippen LogP contribution in [0.5, 0.6) is 0 Å². The zero-order valence-electron chi connectivity index (χ0n) is 20.7. The Hall–Kier alpha value is -2.70. The number of β-amino-alcohol motifs (C(OH)–C–C–N with tert-alkyl or cyclic N) is 1. The number of rotatable bonds is 7. The average Bonchev–Trinajstić information content (AvgIpc) is 3.48. The van der Waals surface area contributed by atoms with E-state index in [-0.39, 0.29) is 42.7 Å². The van der Waals surface area contributed by atoms with Gasteiger partial charge in [-0.05, 0) is 48.1 Å². The maximum Gasteiger partial charge on any atom is 0.407 e. The number of carbonyl (C=O) groups excluding carboxylic acids is 1. The van der Waals surface area contributed by atoms with Gasteiger partial charge in [0.15, 0.2) is 6.29 Å². The fourth-order valence-corrected chi connectivity index (χ4v) is 7.20. The van der Waals surface area contributed by atoms with Gasteiger partial charge < -0.3 is 30.4 Å². The van der Waals surface area contributed by atoms with Gasteiger partial charge in [0.2, 0.25) is 10.0 Å². The summed E-state index contributed by atoms with van der Waals surface area (Å²) in [5.74, 6) is -0.124. The van der Waals surface area contributed by atoms with Gasteiger partial charge in [0.25, 0.3) is 0 Å². The summed E-state index contributed by atoms with van der Waals surface area (Å²) in [7, 11) is -3.85. The molecule has 0 radical (unpaired) electrons. The molecule has 37 heavy (non-hydrogen) atoms. The third-order valence-corrected chi connectivity index (χ3v) is 9.27. The second-order valence-corrected chi connectivity index (χ2v) is 11.9. The Labute approximate surface area is 216 Å². The number of nitrogens with one attached hydrogen (secondary N) is 1. The number of ether oxygens (including phenoxy) is 3. The normalized spacial score (nSPS) is 28.2. The van der Waals surface area contributed by atoms with E-state index in [1.165, 1.54) is 10.4 Å². The van der Waals surface area contributed by atoms with Gasteiger partial charge in [-0.3, -0.25) is 0 Å². The fraction of sp³-hybridized carbons (Fsp3) is 0.500. The highest BCUT2D eigenvalue weighted by atomic mass is 32.2. The molecule has 1 amide bonds. The minimum Gasteiger partial charge on any atom is -0.443 e. The van der Waals surface area contributed by atoms with E-state index in [9.17, 15) is 18.3 Å². The van der Waals surface area contributed by atoms with Crippen molar-refractivity contribution in [2.24, 2.45) is 5.92 Å². The van der Waals surface area contributed by atoms with Crippen LogP contribution < -0.4 is 11.1 Å². The SMILES string of the molecule is CC1CN(C[C@@H](O)[C@H](Cc2ccccc2)NC(=O)O[C@H]2CO[C@H]3OCC[C@H]32)S(=O)(=O)c2ccc(N)cc21. The van der Waals surface area contributed by atoms with Crippen LogP contribution in [0.15, 0.2) is 53.4 Å². The van der Waals surface area contributed by atoms with Gasteiger partial charge in [-0.15, -0.1) is 0 Å². The van der Waals surface area contributed by atoms with Crippen LogP contribution in [0.3, 0.4) is 0 Å². The highest BCUT2D eigenvalue weighted by Crippen LogP contribution is 2.35. The van der Waals surface area contributed by atoms with Crippen molar-refractivity contribution in [1.29, 1.82) is 0 Å². The number of alkyl carbamates (subject to hydrolysis) is 1. The van der Waals surface area contributed by atoms with Gasteiger partial charge in [0, 0.05) is 18.8 Å². The molecule has 11 heteroatoms. The molecular formula is C26H33N3O7S. The molecule has 0 aromatic heterocycles. The lowest BCUT2D eigenvalue weighted by molar-refractivity contribution is -0.0907. The minimum absolute atomic E-state index is 0.0164. The van der Waals surface area contributed by atoms with Gasteiger partial charge in [0.1, 0.15) is 6.10 Å². The Kier molecular flexibility index (Phi) is 7.42. The summed E-state index contributed by atoms with van der Waals surface area (Å²) in [6.45, 7) is 2.75. The van der Waals surface area contributed by atoms with E-state index in [0.29, 0.717) is 24.3 Å². The predicted octanol–water partition coefficient (Wildman–Crippen LogP) is 1.84. The van der Waals surface area contributed by atoms with Gasteiger partial charge in [-0.1, -0.05) is 37.3 Å². The van der Waals surface area contributed by atoms with Crippen LogP contribution in [-0.4, -0.2) is 74.8 Å². The topological polar surface area (TPSA) is 140 Å². The zero-order valence-corrected chi connectivity index (χ0v) is 21.5. The molecule has 0 saturated carbocycles. The lowest BCUT2D eigenvalue weighted by atomic mass is 9.99. The fourth-order valence-electron chi connectivity index (χ4n) is 5.36. The van der Waals surface area contributed by atoms with Crippen molar-refractivity contribution in [3.8, 4) is 0 Å². The number of sulfonamides is 1. The van der Waals surface area contributed by atoms with Crippen molar-refractivity contribution >= 4 is 21.8 Å². The molecule has 3 aliphatic heterocycles. The molecule has 2 aromatic carbocycles. The molecule has 2 saturated heterocycles. The van der Waals surface area contributed by atoms with Gasteiger partial charge in [-0.2, -0.15) is 4.31 Å². The number of benzene rings is 2. The zero-order chi connectivity index (χ0) is 26.2. The van der Waals surface area contributed by atoms with Crippen molar-refractivity contribution in [2.45, 2.75) is 55.1 Å². The summed E-state index contributed by atoms with van der Waals surface area (Å²) in [6, 6.07) is 13.4. The van der Waals surface area contributed by atoms with Gasteiger partial charge in [-0.25, -0.2) is 13.2 Å². The van der Waals surface area contributed by atoms with E-state index >= 15 is 0 Å². The lowest BCUT2D eigenvalue weighted by Gasteiger charge is -2.35. The molecule has 4 N–H and O–H groups in total. The van der Waals surface area contributed by atoms with Gasteiger partial charge in [0.05, 0.1) is 36.2 Å². The van der Waals surface area contributed by atoms with E-state index < -0.39 is 34.4 Å². The van der Waals surface area contributed by atoms with Crippen LogP contribution in [0.1, 0.15) is 30.4 Å². The molecule has 6 atom stereocenters. The molecule has 0 aliphatic carbocycles. The molecule has 2 aromatic rings. The van der Waals surface area contributed by atoms with Crippen molar-refractivity contribution < 1.29 is 32.5 Å². The van der Waals surface area contributed by atoms with Crippen molar-refractivity contribution in [3.63, 3.8) is 0 Å². The van der Waals surface area contributed by atoms with Crippen LogP contribution in [0, 0.1) is 5.92 Å². The lowest BCUT2D eigenvalue weighted by Crippen LogP contribution is -2.52. The highest BCUT2D eigenvalue weighted by Gasteiger charge is 2.44. The maximum absolute atomic E-state index is 13.4. The van der Waals surface area contributed by atoms with Crippen LogP contribution in [0.2, 0.25) is 0 Å². The summed E-state index contributed by atoms with van der Waals surface area (Å²) in [5.41, 5.74) is 7.93. The van der Waals surface area contributed by atoms with Crippen LogP contribution in [0.25, 0.3) is 0 Å². The second-order valence-electron chi connectivity index (χ2n) is 10.00. The third kappa shape index (κ3) is 5.46. The van der Waals surface area contributed by atoms with Crippen molar-refractivity contribution in [2.75, 3.05) is 32.0 Å². The number of anilines is 1. The maximum atomic E-state index is 13.4. The number of aliphatic hydroxyl groups excluding tert-OH is 1. The first-order valence-corrected chi connectivity index (χ1v) is 14.0. The quantitative estimate of drug-likeness (QED) is 0.460. The standard InChI is InChI=1S/C26H33N3O7S/c1-16-13-29(37(32,33)24-8-7-18(27)12-20(16)24)14-22(30)21(11-17-5-3-2-4-6-17)28-26(31)36-23-15-35-25-19(23)9-10-34-25/h2-8,12,16,19,21-23,25,30H,9-11,13-15,27H2,1H3,(H,28,31)/t16?,19-,21-,22+,23-,25+/m0/s1. The number of aliphatic hydroxyl groups is 1. The Morgan fingerprint density at radius 2 is 2.03 bits per heavy atom. The number of fused-ring (bicyclic) bond motifs is 2. The summed E-state index contributed by atoms with van der Waals surface area (Å²) < 4.78 is 44.7. The molecule has 10 nitrogen and oxygen atoms in total. The molecule has 1 unspecified atom stereocenters. The molecular weight excluding hydrogens is 498 g/mol. The number of nitrogens with zero attached hydrogens (tertiary/aromatic N) is 1. The molecule has 3 aliphatic rings. The number of amides is 1. The summed E-state index contributed by atoms with van der Waals surface area (Å²) in [6.07, 6.45) is -1.62. The van der Waals surface area contributed by atoms with E-state index in [1.807, 2.05) is 37.3 Å².